The van der Waals surface area contributed by atoms with E-state index in [1.165, 1.54) is 25.3 Å². The van der Waals surface area contributed by atoms with Crippen LogP contribution in [0.4, 0.5) is 4.79 Å². The van der Waals surface area contributed by atoms with Crippen LogP contribution in [0.2, 0.25) is 0 Å². The molecule has 4 N–H and O–H groups in total. The summed E-state index contributed by atoms with van der Waals surface area (Å²) in [6.07, 6.45) is 8.98. The molecule has 2 aliphatic carbocycles. The minimum Gasteiger partial charge on any atom is -0.353 e. The van der Waals surface area contributed by atoms with E-state index in [0.717, 1.165) is 44.9 Å². The number of Topliss-reactive ketones (excluding diaryl/α,β-unsaturated/α-hetero) is 2. The minimum absolute atomic E-state index is 0.0128. The fourth-order valence-electron chi connectivity index (χ4n) is 5.64. The van der Waals surface area contributed by atoms with E-state index >= 15 is 0 Å². The number of rotatable bonds is 10. The fourth-order valence-corrected chi connectivity index (χ4v) is 5.64. The summed E-state index contributed by atoms with van der Waals surface area (Å²) in [5, 5.41) is 10.5. The quantitative estimate of drug-likeness (QED) is 0.287. The minimum atomic E-state index is -1.04. The van der Waals surface area contributed by atoms with Crippen LogP contribution in [0.5, 0.6) is 0 Å². The summed E-state index contributed by atoms with van der Waals surface area (Å²) in [5.74, 6) is -2.30. The molecule has 2 saturated carbocycles. The van der Waals surface area contributed by atoms with Gasteiger partial charge in [0, 0.05) is 19.5 Å². The highest BCUT2D eigenvalue weighted by Gasteiger charge is 2.44. The van der Waals surface area contributed by atoms with Gasteiger partial charge in [-0.15, -0.1) is 0 Å². The van der Waals surface area contributed by atoms with E-state index in [0.29, 0.717) is 19.4 Å². The molecule has 0 radical (unpaired) electrons. The van der Waals surface area contributed by atoms with E-state index in [-0.39, 0.29) is 17.6 Å². The van der Waals surface area contributed by atoms with Crippen LogP contribution in [0, 0.1) is 17.3 Å². The van der Waals surface area contributed by atoms with Crippen LogP contribution in [0.25, 0.3) is 0 Å². The lowest BCUT2D eigenvalue weighted by atomic mass is 9.81. The van der Waals surface area contributed by atoms with Crippen molar-refractivity contribution in [2.75, 3.05) is 13.6 Å². The van der Waals surface area contributed by atoms with Crippen molar-refractivity contribution in [2.24, 2.45) is 17.3 Å². The van der Waals surface area contributed by atoms with Crippen LogP contribution in [0.3, 0.4) is 0 Å². The van der Waals surface area contributed by atoms with Crippen molar-refractivity contribution < 1.29 is 28.8 Å². The van der Waals surface area contributed by atoms with E-state index in [2.05, 4.69) is 35.1 Å². The number of urea groups is 1. The molecule has 0 aromatic heterocycles. The maximum Gasteiger partial charge on any atom is 0.316 e. The molecular weight excluding hydrogens is 538 g/mol. The van der Waals surface area contributed by atoms with E-state index in [1.54, 1.807) is 0 Å². The molecule has 1 heterocycles. The molecule has 3 aliphatic rings. The molecule has 4 atom stereocenters. The third-order valence-electron chi connectivity index (χ3n) is 8.12. The van der Waals surface area contributed by atoms with Gasteiger partial charge >= 0.3 is 6.03 Å². The number of nitrogens with one attached hydrogen (secondary N) is 4. The Bertz CT molecular complexity index is 983. The van der Waals surface area contributed by atoms with Crippen molar-refractivity contribution >= 4 is 35.3 Å². The van der Waals surface area contributed by atoms with Gasteiger partial charge in [-0.1, -0.05) is 60.3 Å². The maximum atomic E-state index is 13.8. The number of carbonyl (C=O) groups excluding carboxylic acids is 6. The number of nitrogens with zero attached hydrogens (tertiary/aromatic N) is 1. The Balaban J connectivity index is 0.00000197. The van der Waals surface area contributed by atoms with E-state index in [1.807, 2.05) is 20.8 Å². The summed E-state index contributed by atoms with van der Waals surface area (Å²) in [4.78, 5) is 78.3. The Morgan fingerprint density at radius 3 is 1.95 bits per heavy atom. The molecule has 3 unspecified atom stereocenters. The third-order valence-corrected chi connectivity index (χ3v) is 8.12. The molecule has 0 bridgehead atoms. The van der Waals surface area contributed by atoms with Gasteiger partial charge < -0.3 is 26.2 Å². The van der Waals surface area contributed by atoms with Gasteiger partial charge in [0.05, 0.1) is 12.1 Å². The van der Waals surface area contributed by atoms with Crippen molar-refractivity contribution in [2.45, 2.75) is 130 Å². The average molecular weight is 592 g/mol. The lowest BCUT2D eigenvalue weighted by molar-refractivity contribution is -0.143. The summed E-state index contributed by atoms with van der Waals surface area (Å²) in [7, 11) is 1.33. The predicted molar refractivity (Wildman–Crippen MR) is 160 cm³/mol. The summed E-state index contributed by atoms with van der Waals surface area (Å²) in [6, 6.07) is -3.92. The second-order valence-corrected chi connectivity index (χ2v) is 13.0. The maximum absolute atomic E-state index is 13.8. The Labute approximate surface area is 251 Å². The van der Waals surface area contributed by atoms with Crippen molar-refractivity contribution in [3.8, 4) is 0 Å². The highest BCUT2D eigenvalue weighted by molar-refractivity contribution is 6.38. The topological polar surface area (TPSA) is 154 Å². The van der Waals surface area contributed by atoms with E-state index < -0.39 is 59.1 Å². The predicted octanol–water partition coefficient (Wildman–Crippen LogP) is 2.86. The summed E-state index contributed by atoms with van der Waals surface area (Å²) in [5.41, 5.74) is -0.679. The SMILES string of the molecule is CCC.CNC(=O)C(=O)C(C)NC(=O)[C@@H]1CCCN1C(=O)C(NC(=O)NC(C(=O)C1CC1)C1CCCCC1)C(C)(C)C. The van der Waals surface area contributed by atoms with Gasteiger partial charge in [0.2, 0.25) is 17.6 Å². The molecule has 0 aromatic carbocycles. The number of likely N-dealkylation sites (N-methyl/N-ethyl adjacent to an activating group) is 1. The molecule has 42 heavy (non-hydrogen) atoms. The Kier molecular flexibility index (Phi) is 13.4. The van der Waals surface area contributed by atoms with Gasteiger partial charge in [0.25, 0.3) is 5.91 Å². The number of carbonyl (C=O) groups is 6. The second-order valence-electron chi connectivity index (χ2n) is 13.0. The zero-order valence-electron chi connectivity index (χ0n) is 26.6. The van der Waals surface area contributed by atoms with Gasteiger partial charge in [-0.2, -0.15) is 0 Å². The third kappa shape index (κ3) is 9.80. The first-order chi connectivity index (χ1) is 19.8. The Morgan fingerprint density at radius 2 is 1.43 bits per heavy atom. The van der Waals surface area contributed by atoms with Crippen LogP contribution in [-0.4, -0.2) is 78.0 Å². The average Bonchev–Trinajstić information content (AvgIpc) is 3.68. The number of ketones is 2. The first-order valence-corrected chi connectivity index (χ1v) is 15.7. The Hall–Kier alpha value is -2.98. The van der Waals surface area contributed by atoms with Gasteiger partial charge in [-0.25, -0.2) is 4.79 Å². The second kappa shape index (κ2) is 16.0. The van der Waals surface area contributed by atoms with Crippen molar-refractivity contribution in [3.63, 3.8) is 0 Å². The molecule has 1 aliphatic heterocycles. The molecular formula is C31H53N5O6. The fraction of sp³-hybridized carbons (Fsp3) is 0.806. The summed E-state index contributed by atoms with van der Waals surface area (Å²) < 4.78 is 0. The first-order valence-electron chi connectivity index (χ1n) is 15.7. The van der Waals surface area contributed by atoms with Crippen LogP contribution in [0.15, 0.2) is 0 Å². The zero-order valence-corrected chi connectivity index (χ0v) is 26.6. The lowest BCUT2D eigenvalue weighted by Crippen LogP contribution is -2.61. The normalized spacial score (nSPS) is 21.1. The summed E-state index contributed by atoms with van der Waals surface area (Å²) >= 11 is 0. The standard InChI is InChI=1S/C28H45N5O6.C3H8/c1-16(21(34)25(37)29-5)30-24(36)19-12-9-15-33(19)26(38)23(28(2,3)4)32-27(39)31-20(22(35)18-13-14-18)17-10-7-6-8-11-17;1-3-2/h16-20,23H,6-15H2,1-5H3,(H,29,37)(H,30,36)(H2,31,32,39);3H2,1-2H3/t16?,19-,20?,23?;/m0./s1. The van der Waals surface area contributed by atoms with E-state index in [9.17, 15) is 28.8 Å². The number of likely N-dealkylation sites (tertiary alicyclic amines) is 1. The van der Waals surface area contributed by atoms with Gasteiger partial charge in [0.15, 0.2) is 5.78 Å². The largest absolute Gasteiger partial charge is 0.353 e. The van der Waals surface area contributed by atoms with Crippen molar-refractivity contribution in [3.05, 3.63) is 0 Å². The number of hydrogen-bond acceptors (Lipinski definition) is 6. The molecule has 11 nitrogen and oxygen atoms in total. The molecule has 3 fully saturated rings. The highest BCUT2D eigenvalue weighted by Crippen LogP contribution is 2.35. The van der Waals surface area contributed by atoms with Gasteiger partial charge in [-0.05, 0) is 56.8 Å². The monoisotopic (exact) mass is 591 g/mol. The molecule has 5 amide bonds. The molecule has 238 valence electrons. The van der Waals surface area contributed by atoms with Crippen LogP contribution < -0.4 is 21.3 Å². The molecule has 0 spiro atoms. The van der Waals surface area contributed by atoms with Crippen LogP contribution >= 0.6 is 0 Å². The van der Waals surface area contributed by atoms with Crippen LogP contribution in [0.1, 0.15) is 106 Å². The van der Waals surface area contributed by atoms with Crippen molar-refractivity contribution in [1.29, 1.82) is 0 Å². The summed E-state index contributed by atoms with van der Waals surface area (Å²) in [6.45, 7) is 11.5. The molecule has 3 rings (SSSR count). The smallest absolute Gasteiger partial charge is 0.316 e. The first kappa shape index (κ1) is 35.2. The molecule has 0 aromatic rings. The highest BCUT2D eigenvalue weighted by atomic mass is 16.2. The van der Waals surface area contributed by atoms with E-state index in [4.69, 9.17) is 0 Å². The van der Waals surface area contributed by atoms with Gasteiger partial charge in [-0.3, -0.25) is 24.0 Å². The van der Waals surface area contributed by atoms with Crippen LogP contribution in [-0.2, 0) is 24.0 Å². The van der Waals surface area contributed by atoms with Gasteiger partial charge in [0.1, 0.15) is 12.1 Å². The molecule has 11 heteroatoms. The Morgan fingerprint density at radius 1 is 0.833 bits per heavy atom. The van der Waals surface area contributed by atoms with Crippen molar-refractivity contribution in [1.82, 2.24) is 26.2 Å². The lowest BCUT2D eigenvalue weighted by Gasteiger charge is -2.36. The number of amides is 5. The zero-order chi connectivity index (χ0) is 31.6. The molecule has 1 saturated heterocycles. The number of hydrogen-bond donors (Lipinski definition) is 4.